The van der Waals surface area contributed by atoms with Crippen LogP contribution in [0.25, 0.3) is 0 Å². The maximum atomic E-state index is 11.1. The first-order chi connectivity index (χ1) is 8.09. The lowest BCUT2D eigenvalue weighted by molar-refractivity contribution is -0.137. The first-order valence-electron chi connectivity index (χ1n) is 5.63. The molecule has 1 atom stereocenters. The lowest BCUT2D eigenvalue weighted by Gasteiger charge is -2.14. The van der Waals surface area contributed by atoms with E-state index in [0.29, 0.717) is 11.5 Å². The molecule has 0 radical (unpaired) electrons. The summed E-state index contributed by atoms with van der Waals surface area (Å²) in [7, 11) is 0. The SMILES string of the molecule is O=C(O)C(C(O)=S)c1ccccc1CC1CC1. The Kier molecular flexibility index (Phi) is 3.43. The van der Waals surface area contributed by atoms with Crippen molar-refractivity contribution >= 4 is 23.2 Å². The third-order valence-electron chi connectivity index (χ3n) is 3.07. The quantitative estimate of drug-likeness (QED) is 0.789. The van der Waals surface area contributed by atoms with Crippen LogP contribution in [0, 0.1) is 5.92 Å². The van der Waals surface area contributed by atoms with Crippen LogP contribution >= 0.6 is 12.2 Å². The highest BCUT2D eigenvalue weighted by atomic mass is 32.1. The van der Waals surface area contributed by atoms with Gasteiger partial charge in [0, 0.05) is 0 Å². The fraction of sp³-hybridized carbons (Fsp3) is 0.385. The summed E-state index contributed by atoms with van der Waals surface area (Å²) in [6.07, 6.45) is 3.29. The summed E-state index contributed by atoms with van der Waals surface area (Å²) in [4.78, 5) is 11.1. The Balaban J connectivity index is 2.33. The molecule has 1 aromatic carbocycles. The molecule has 17 heavy (non-hydrogen) atoms. The summed E-state index contributed by atoms with van der Waals surface area (Å²) in [5.74, 6) is -1.52. The molecule has 0 aromatic heterocycles. The maximum absolute atomic E-state index is 11.1. The lowest BCUT2D eigenvalue weighted by atomic mass is 9.92. The molecule has 1 aromatic rings. The number of rotatable bonds is 5. The highest BCUT2D eigenvalue weighted by Gasteiger charge is 2.29. The van der Waals surface area contributed by atoms with Gasteiger partial charge in [0.2, 0.25) is 0 Å². The summed E-state index contributed by atoms with van der Waals surface area (Å²) in [6, 6.07) is 7.32. The largest absolute Gasteiger partial charge is 0.501 e. The van der Waals surface area contributed by atoms with Gasteiger partial charge in [-0.3, -0.25) is 4.79 Å². The number of carboxylic acid groups (broad SMARTS) is 1. The predicted octanol–water partition coefficient (Wildman–Crippen LogP) is 2.69. The van der Waals surface area contributed by atoms with E-state index >= 15 is 0 Å². The fourth-order valence-electron chi connectivity index (χ4n) is 2.01. The Morgan fingerprint density at radius 1 is 1.35 bits per heavy atom. The number of aliphatic carboxylic acids is 1. The standard InChI is InChI=1S/C13H14O3S/c14-12(15)11(13(16)17)10-4-2-1-3-9(10)7-8-5-6-8/h1-4,8,11H,5-7H2,(H,14,15)(H,16,17). The van der Waals surface area contributed by atoms with Gasteiger partial charge in [-0.15, -0.1) is 0 Å². The van der Waals surface area contributed by atoms with Crippen molar-refractivity contribution in [1.82, 2.24) is 0 Å². The smallest absolute Gasteiger partial charge is 0.319 e. The van der Waals surface area contributed by atoms with E-state index in [0.717, 1.165) is 12.0 Å². The van der Waals surface area contributed by atoms with E-state index in [-0.39, 0.29) is 0 Å². The number of hydrogen-bond donors (Lipinski definition) is 2. The van der Waals surface area contributed by atoms with E-state index in [1.807, 2.05) is 12.1 Å². The van der Waals surface area contributed by atoms with E-state index in [2.05, 4.69) is 12.2 Å². The normalized spacial score (nSPS) is 16.5. The van der Waals surface area contributed by atoms with Crippen LogP contribution in [-0.4, -0.2) is 21.2 Å². The first-order valence-corrected chi connectivity index (χ1v) is 6.04. The molecule has 0 aliphatic heterocycles. The zero-order chi connectivity index (χ0) is 12.4. The van der Waals surface area contributed by atoms with Crippen molar-refractivity contribution in [3.8, 4) is 0 Å². The minimum Gasteiger partial charge on any atom is -0.501 e. The van der Waals surface area contributed by atoms with Crippen LogP contribution in [-0.2, 0) is 11.2 Å². The fourth-order valence-corrected chi connectivity index (χ4v) is 2.23. The van der Waals surface area contributed by atoms with Crippen LogP contribution in [0.2, 0.25) is 0 Å². The van der Waals surface area contributed by atoms with E-state index in [1.165, 1.54) is 12.8 Å². The Morgan fingerprint density at radius 2 is 2.00 bits per heavy atom. The topological polar surface area (TPSA) is 57.5 Å². The second kappa shape index (κ2) is 4.84. The molecule has 0 spiro atoms. The second-order valence-corrected chi connectivity index (χ2v) is 4.87. The number of carbonyl (C=O) groups is 1. The second-order valence-electron chi connectivity index (χ2n) is 4.46. The van der Waals surface area contributed by atoms with Gasteiger partial charge in [-0.2, -0.15) is 0 Å². The number of carboxylic acids is 1. The predicted molar refractivity (Wildman–Crippen MR) is 68.5 cm³/mol. The summed E-state index contributed by atoms with van der Waals surface area (Å²) in [5, 5.41) is 18.0. The van der Waals surface area contributed by atoms with Gasteiger partial charge in [-0.25, -0.2) is 0 Å². The summed E-state index contributed by atoms with van der Waals surface area (Å²) < 4.78 is 0. The third kappa shape index (κ3) is 2.82. The molecule has 0 saturated heterocycles. The first kappa shape index (κ1) is 12.0. The summed E-state index contributed by atoms with van der Waals surface area (Å²) >= 11 is 4.64. The van der Waals surface area contributed by atoms with Crippen molar-refractivity contribution in [2.45, 2.75) is 25.2 Å². The zero-order valence-electron chi connectivity index (χ0n) is 9.30. The Morgan fingerprint density at radius 3 is 2.53 bits per heavy atom. The molecule has 3 nitrogen and oxygen atoms in total. The van der Waals surface area contributed by atoms with Crippen molar-refractivity contribution in [3.63, 3.8) is 0 Å². The number of aliphatic hydroxyl groups excluding tert-OH is 1. The van der Waals surface area contributed by atoms with Crippen molar-refractivity contribution in [1.29, 1.82) is 0 Å². The van der Waals surface area contributed by atoms with E-state index in [1.54, 1.807) is 12.1 Å². The summed E-state index contributed by atoms with van der Waals surface area (Å²) in [5.41, 5.74) is 1.61. The molecule has 0 heterocycles. The van der Waals surface area contributed by atoms with Crippen LogP contribution in [0.5, 0.6) is 0 Å². The molecule has 2 rings (SSSR count). The molecule has 0 amide bonds. The average molecular weight is 250 g/mol. The molecule has 90 valence electrons. The van der Waals surface area contributed by atoms with Crippen LogP contribution < -0.4 is 0 Å². The molecule has 1 aliphatic carbocycles. The summed E-state index contributed by atoms with van der Waals surface area (Å²) in [6.45, 7) is 0. The monoisotopic (exact) mass is 250 g/mol. The van der Waals surface area contributed by atoms with Crippen LogP contribution in [0.4, 0.5) is 0 Å². The minimum atomic E-state index is -1.10. The molecule has 2 N–H and O–H groups in total. The molecule has 1 aliphatic rings. The van der Waals surface area contributed by atoms with Gasteiger partial charge in [0.15, 0.2) is 5.05 Å². The van der Waals surface area contributed by atoms with Crippen molar-refractivity contribution < 1.29 is 15.0 Å². The molecular formula is C13H14O3S. The van der Waals surface area contributed by atoms with Gasteiger partial charge in [0.1, 0.15) is 5.92 Å². The van der Waals surface area contributed by atoms with Crippen molar-refractivity contribution in [2.24, 2.45) is 5.92 Å². The minimum absolute atomic E-state index is 0.472. The van der Waals surface area contributed by atoms with Gasteiger partial charge >= 0.3 is 5.97 Å². The van der Waals surface area contributed by atoms with Gasteiger partial charge in [-0.05, 0) is 48.5 Å². The molecule has 1 fully saturated rings. The molecule has 0 bridgehead atoms. The highest BCUT2D eigenvalue weighted by molar-refractivity contribution is 7.80. The number of hydrogen-bond acceptors (Lipinski definition) is 2. The third-order valence-corrected chi connectivity index (χ3v) is 3.30. The van der Waals surface area contributed by atoms with E-state index in [9.17, 15) is 9.90 Å². The van der Waals surface area contributed by atoms with Gasteiger partial charge in [0.05, 0.1) is 0 Å². The Hall–Kier alpha value is -1.42. The highest BCUT2D eigenvalue weighted by Crippen LogP contribution is 2.35. The number of benzene rings is 1. The maximum Gasteiger partial charge on any atom is 0.319 e. The van der Waals surface area contributed by atoms with Crippen LogP contribution in [0.15, 0.2) is 24.3 Å². The molecule has 4 heteroatoms. The molecule has 1 unspecified atom stereocenters. The van der Waals surface area contributed by atoms with Gasteiger partial charge in [-0.1, -0.05) is 24.3 Å². The van der Waals surface area contributed by atoms with Gasteiger partial charge < -0.3 is 10.2 Å². The van der Waals surface area contributed by atoms with Crippen LogP contribution in [0.3, 0.4) is 0 Å². The van der Waals surface area contributed by atoms with Crippen molar-refractivity contribution in [3.05, 3.63) is 35.4 Å². The molecule has 1 saturated carbocycles. The average Bonchev–Trinajstić information content (AvgIpc) is 3.03. The number of thiocarbonyl (C=S) groups is 1. The van der Waals surface area contributed by atoms with Gasteiger partial charge in [0.25, 0.3) is 0 Å². The van der Waals surface area contributed by atoms with Crippen molar-refractivity contribution in [2.75, 3.05) is 0 Å². The van der Waals surface area contributed by atoms with E-state index < -0.39 is 16.9 Å². The Bertz CT molecular complexity index is 438. The Labute approximate surface area is 105 Å². The molecular weight excluding hydrogens is 236 g/mol. The number of aliphatic hydroxyl groups is 1. The lowest BCUT2D eigenvalue weighted by Crippen LogP contribution is -2.21. The van der Waals surface area contributed by atoms with E-state index in [4.69, 9.17) is 5.11 Å². The zero-order valence-corrected chi connectivity index (χ0v) is 10.1. The van der Waals surface area contributed by atoms with Crippen LogP contribution in [0.1, 0.15) is 29.9 Å².